The highest BCUT2D eigenvalue weighted by Crippen LogP contribution is 2.28. The van der Waals surface area contributed by atoms with Crippen molar-refractivity contribution in [3.8, 4) is 11.1 Å². The Balaban J connectivity index is 2.53. The molecule has 0 unspecified atom stereocenters. The summed E-state index contributed by atoms with van der Waals surface area (Å²) in [5.41, 5.74) is 2.03. The smallest absolute Gasteiger partial charge is 0.105 e. The fourth-order valence-corrected chi connectivity index (χ4v) is 1.34. The van der Waals surface area contributed by atoms with E-state index in [0.717, 1.165) is 15.6 Å². The van der Waals surface area contributed by atoms with E-state index < -0.39 is 0 Å². The summed E-state index contributed by atoms with van der Waals surface area (Å²) in [5, 5.41) is 0. The van der Waals surface area contributed by atoms with Crippen molar-refractivity contribution in [2.24, 2.45) is 0 Å². The summed E-state index contributed by atoms with van der Waals surface area (Å²) in [6.07, 6.45) is 6.63. The SMILES string of the molecule is Brc1cocc1-c1ccoc1. The van der Waals surface area contributed by atoms with Crippen molar-refractivity contribution in [1.82, 2.24) is 0 Å². The van der Waals surface area contributed by atoms with Crippen LogP contribution in [0.15, 0.2) is 44.4 Å². The third kappa shape index (κ3) is 1.12. The van der Waals surface area contributed by atoms with Crippen LogP contribution in [0.1, 0.15) is 0 Å². The Labute approximate surface area is 71.9 Å². The monoisotopic (exact) mass is 212 g/mol. The van der Waals surface area contributed by atoms with Gasteiger partial charge in [-0.15, -0.1) is 0 Å². The van der Waals surface area contributed by atoms with Crippen molar-refractivity contribution in [1.29, 1.82) is 0 Å². The normalized spacial score (nSPS) is 10.3. The molecule has 0 aliphatic carbocycles. The molecule has 0 saturated carbocycles. The molecule has 0 atom stereocenters. The zero-order valence-corrected chi connectivity index (χ0v) is 7.17. The number of rotatable bonds is 1. The van der Waals surface area contributed by atoms with Crippen LogP contribution < -0.4 is 0 Å². The van der Waals surface area contributed by atoms with Gasteiger partial charge in [0.15, 0.2) is 0 Å². The molecule has 0 spiro atoms. The van der Waals surface area contributed by atoms with Gasteiger partial charge in [-0.3, -0.25) is 0 Å². The number of furan rings is 2. The van der Waals surface area contributed by atoms with Crippen LogP contribution in [-0.2, 0) is 0 Å². The molecule has 3 heteroatoms. The Hall–Kier alpha value is -0.960. The van der Waals surface area contributed by atoms with Gasteiger partial charge in [0.1, 0.15) is 6.26 Å². The van der Waals surface area contributed by atoms with E-state index in [0.29, 0.717) is 0 Å². The largest absolute Gasteiger partial charge is 0.472 e. The average molecular weight is 213 g/mol. The third-order valence-corrected chi connectivity index (χ3v) is 2.06. The Morgan fingerprint density at radius 2 is 2.00 bits per heavy atom. The first-order valence-electron chi connectivity index (χ1n) is 3.12. The topological polar surface area (TPSA) is 26.3 Å². The molecule has 0 aromatic carbocycles. The van der Waals surface area contributed by atoms with Crippen LogP contribution in [0.3, 0.4) is 0 Å². The van der Waals surface area contributed by atoms with E-state index in [1.807, 2.05) is 6.07 Å². The molecule has 11 heavy (non-hydrogen) atoms. The minimum atomic E-state index is 0.943. The maximum atomic E-state index is 4.98. The van der Waals surface area contributed by atoms with Crippen LogP contribution in [0.2, 0.25) is 0 Å². The van der Waals surface area contributed by atoms with Crippen LogP contribution >= 0.6 is 15.9 Å². The Kier molecular flexibility index (Phi) is 1.58. The van der Waals surface area contributed by atoms with Crippen molar-refractivity contribution < 1.29 is 8.83 Å². The Morgan fingerprint density at radius 3 is 2.55 bits per heavy atom. The molecule has 0 saturated heterocycles. The lowest BCUT2D eigenvalue weighted by atomic mass is 10.2. The summed E-state index contributed by atoms with van der Waals surface area (Å²) in [6.45, 7) is 0. The minimum Gasteiger partial charge on any atom is -0.472 e. The standard InChI is InChI=1S/C8H5BrO2/c9-8-5-11-4-7(8)6-1-2-10-3-6/h1-5H. The van der Waals surface area contributed by atoms with Crippen LogP contribution in [0, 0.1) is 0 Å². The highest BCUT2D eigenvalue weighted by atomic mass is 79.9. The van der Waals surface area contributed by atoms with Crippen molar-refractivity contribution >= 4 is 15.9 Å². The van der Waals surface area contributed by atoms with Gasteiger partial charge in [-0.25, -0.2) is 0 Å². The average Bonchev–Trinajstić information content (AvgIpc) is 2.55. The van der Waals surface area contributed by atoms with Gasteiger partial charge in [0.05, 0.1) is 23.3 Å². The third-order valence-electron chi connectivity index (χ3n) is 1.45. The Morgan fingerprint density at radius 1 is 1.09 bits per heavy atom. The van der Waals surface area contributed by atoms with Crippen LogP contribution in [-0.4, -0.2) is 0 Å². The Bertz CT molecular complexity index is 335. The number of hydrogen-bond acceptors (Lipinski definition) is 2. The van der Waals surface area contributed by atoms with Crippen molar-refractivity contribution in [3.05, 3.63) is 35.6 Å². The van der Waals surface area contributed by atoms with Crippen LogP contribution in [0.4, 0.5) is 0 Å². The molecule has 0 bridgehead atoms. The van der Waals surface area contributed by atoms with Gasteiger partial charge in [-0.1, -0.05) is 0 Å². The predicted molar refractivity (Wildman–Crippen MR) is 44.1 cm³/mol. The molecule has 0 amide bonds. The van der Waals surface area contributed by atoms with E-state index >= 15 is 0 Å². The molecular formula is C8H5BrO2. The lowest BCUT2D eigenvalue weighted by molar-refractivity contribution is 0.564. The molecule has 0 aliphatic heterocycles. The van der Waals surface area contributed by atoms with E-state index in [2.05, 4.69) is 15.9 Å². The van der Waals surface area contributed by atoms with Crippen molar-refractivity contribution in [2.75, 3.05) is 0 Å². The lowest BCUT2D eigenvalue weighted by Gasteiger charge is -1.87. The summed E-state index contributed by atoms with van der Waals surface area (Å²) >= 11 is 3.35. The molecule has 0 aliphatic rings. The first-order valence-corrected chi connectivity index (χ1v) is 3.91. The first kappa shape index (κ1) is 6.73. The van der Waals surface area contributed by atoms with Gasteiger partial charge < -0.3 is 8.83 Å². The van der Waals surface area contributed by atoms with E-state index in [4.69, 9.17) is 8.83 Å². The summed E-state index contributed by atoms with van der Waals surface area (Å²) in [5.74, 6) is 0. The quantitative estimate of drug-likeness (QED) is 0.726. The predicted octanol–water partition coefficient (Wildman–Crippen LogP) is 3.30. The molecular weight excluding hydrogens is 208 g/mol. The van der Waals surface area contributed by atoms with Gasteiger partial charge in [0.25, 0.3) is 0 Å². The fourth-order valence-electron chi connectivity index (χ4n) is 0.905. The van der Waals surface area contributed by atoms with E-state index in [1.54, 1.807) is 25.1 Å². The molecule has 2 heterocycles. The number of halogens is 1. The van der Waals surface area contributed by atoms with Gasteiger partial charge >= 0.3 is 0 Å². The number of hydrogen-bond donors (Lipinski definition) is 0. The summed E-state index contributed by atoms with van der Waals surface area (Å²) in [4.78, 5) is 0. The zero-order chi connectivity index (χ0) is 7.68. The molecule has 2 rings (SSSR count). The van der Waals surface area contributed by atoms with Crippen LogP contribution in [0.25, 0.3) is 11.1 Å². The van der Waals surface area contributed by atoms with Gasteiger partial charge in [0, 0.05) is 11.1 Å². The lowest BCUT2D eigenvalue weighted by Crippen LogP contribution is -1.65. The van der Waals surface area contributed by atoms with Crippen molar-refractivity contribution in [3.63, 3.8) is 0 Å². The van der Waals surface area contributed by atoms with Gasteiger partial charge in [0.2, 0.25) is 0 Å². The molecule has 2 aromatic rings. The van der Waals surface area contributed by atoms with Crippen LogP contribution in [0.5, 0.6) is 0 Å². The van der Waals surface area contributed by atoms with Gasteiger partial charge in [-0.05, 0) is 22.0 Å². The second-order valence-electron chi connectivity index (χ2n) is 2.15. The molecule has 0 radical (unpaired) electrons. The minimum absolute atomic E-state index is 0.943. The first-order chi connectivity index (χ1) is 5.38. The molecule has 2 nitrogen and oxygen atoms in total. The zero-order valence-electron chi connectivity index (χ0n) is 5.58. The summed E-state index contributed by atoms with van der Waals surface area (Å²) < 4.78 is 10.9. The maximum Gasteiger partial charge on any atom is 0.105 e. The molecule has 0 fully saturated rings. The second-order valence-corrected chi connectivity index (χ2v) is 3.00. The van der Waals surface area contributed by atoms with Crippen molar-refractivity contribution in [2.45, 2.75) is 0 Å². The molecule has 56 valence electrons. The summed E-state index contributed by atoms with van der Waals surface area (Å²) in [6, 6.07) is 1.88. The molecule has 2 aromatic heterocycles. The van der Waals surface area contributed by atoms with E-state index in [9.17, 15) is 0 Å². The van der Waals surface area contributed by atoms with E-state index in [-0.39, 0.29) is 0 Å². The highest BCUT2D eigenvalue weighted by molar-refractivity contribution is 9.10. The molecule has 0 N–H and O–H groups in total. The second kappa shape index (κ2) is 2.58. The van der Waals surface area contributed by atoms with E-state index in [1.165, 1.54) is 0 Å². The highest BCUT2D eigenvalue weighted by Gasteiger charge is 2.05. The van der Waals surface area contributed by atoms with Gasteiger partial charge in [-0.2, -0.15) is 0 Å². The fraction of sp³-hybridized carbons (Fsp3) is 0. The summed E-state index contributed by atoms with van der Waals surface area (Å²) in [7, 11) is 0. The maximum absolute atomic E-state index is 4.98.